The van der Waals surface area contributed by atoms with Crippen molar-refractivity contribution in [1.82, 2.24) is 14.8 Å². The molecule has 6 nitrogen and oxygen atoms in total. The highest BCUT2D eigenvalue weighted by Gasteiger charge is 2.24. The fraction of sp³-hybridized carbons (Fsp3) is 0.421. The number of amides is 2. The molecule has 26 heavy (non-hydrogen) atoms. The van der Waals surface area contributed by atoms with Crippen LogP contribution in [0.15, 0.2) is 24.4 Å². The minimum Gasteiger partial charge on any atom is -0.336 e. The van der Waals surface area contributed by atoms with Gasteiger partial charge in [-0.1, -0.05) is 0 Å². The Morgan fingerprint density at radius 3 is 2.77 bits per heavy atom. The normalized spacial score (nSPS) is 17.7. The number of carbonyl (C=O) groups is 2. The highest BCUT2D eigenvalue weighted by atomic mass is 32.1. The van der Waals surface area contributed by atoms with Crippen molar-refractivity contribution < 1.29 is 9.59 Å². The van der Waals surface area contributed by atoms with E-state index in [1.165, 1.54) is 4.88 Å². The van der Waals surface area contributed by atoms with Crippen LogP contribution in [0.3, 0.4) is 0 Å². The topological polar surface area (TPSA) is 65.5 Å². The second kappa shape index (κ2) is 7.17. The number of hydrogen-bond donors (Lipinski definition) is 1. The van der Waals surface area contributed by atoms with Crippen LogP contribution in [0.1, 0.15) is 32.2 Å². The van der Waals surface area contributed by atoms with Crippen molar-refractivity contribution in [2.75, 3.05) is 31.5 Å². The largest absolute Gasteiger partial charge is 0.336 e. The van der Waals surface area contributed by atoms with Gasteiger partial charge in [0.1, 0.15) is 0 Å². The summed E-state index contributed by atoms with van der Waals surface area (Å²) in [7, 11) is 0. The second-order valence-electron chi connectivity index (χ2n) is 6.83. The molecule has 2 aromatic rings. The van der Waals surface area contributed by atoms with Gasteiger partial charge >= 0.3 is 0 Å². The Bertz CT molecular complexity index is 840. The van der Waals surface area contributed by atoms with Crippen LogP contribution in [0.25, 0.3) is 0 Å². The molecular weight excluding hydrogens is 348 g/mol. The first-order valence-corrected chi connectivity index (χ1v) is 9.76. The van der Waals surface area contributed by atoms with Gasteiger partial charge in [-0.15, -0.1) is 11.3 Å². The van der Waals surface area contributed by atoms with Crippen molar-refractivity contribution in [3.05, 3.63) is 45.4 Å². The molecule has 0 unspecified atom stereocenters. The molecule has 4 rings (SSSR count). The summed E-state index contributed by atoms with van der Waals surface area (Å²) >= 11 is 1.74. The molecule has 136 valence electrons. The quantitative estimate of drug-likeness (QED) is 0.900. The Hall–Kier alpha value is -2.25. The van der Waals surface area contributed by atoms with Gasteiger partial charge in [0.25, 0.3) is 5.91 Å². The lowest BCUT2D eigenvalue weighted by molar-refractivity contribution is -0.116. The van der Waals surface area contributed by atoms with Crippen molar-refractivity contribution in [2.24, 2.45) is 0 Å². The Labute approximate surface area is 156 Å². The average molecular weight is 370 g/mol. The molecule has 1 fully saturated rings. The highest BCUT2D eigenvalue weighted by Crippen LogP contribution is 2.24. The summed E-state index contributed by atoms with van der Waals surface area (Å²) in [6.45, 7) is 6.17. The number of nitrogens with one attached hydrogen (secondary N) is 1. The molecule has 0 atom stereocenters. The van der Waals surface area contributed by atoms with Gasteiger partial charge in [0.15, 0.2) is 0 Å². The number of nitrogens with zero attached hydrogens (tertiary/aromatic N) is 3. The zero-order chi connectivity index (χ0) is 18.1. The molecule has 0 spiro atoms. The van der Waals surface area contributed by atoms with Crippen molar-refractivity contribution in [2.45, 2.75) is 26.3 Å². The van der Waals surface area contributed by atoms with Gasteiger partial charge in [0.2, 0.25) is 5.91 Å². The van der Waals surface area contributed by atoms with Gasteiger partial charge in [-0.2, -0.15) is 0 Å². The Balaban J connectivity index is 1.37. The van der Waals surface area contributed by atoms with Crippen LogP contribution in [-0.4, -0.2) is 52.8 Å². The molecule has 2 aliphatic heterocycles. The van der Waals surface area contributed by atoms with Gasteiger partial charge in [-0.05, 0) is 37.1 Å². The first-order chi connectivity index (χ1) is 12.6. The smallest absolute Gasteiger partial charge is 0.253 e. The fourth-order valence-corrected chi connectivity index (χ4v) is 4.34. The third kappa shape index (κ3) is 3.64. The first-order valence-electron chi connectivity index (χ1n) is 8.94. The molecule has 1 N–H and O–H groups in total. The number of rotatable bonds is 3. The number of piperazine rings is 1. The Kier molecular flexibility index (Phi) is 4.74. The summed E-state index contributed by atoms with van der Waals surface area (Å²) in [5.41, 5.74) is 2.60. The molecule has 0 aliphatic carbocycles. The summed E-state index contributed by atoms with van der Waals surface area (Å²) in [6, 6.07) is 5.60. The summed E-state index contributed by atoms with van der Waals surface area (Å²) in [4.78, 5) is 34.2. The highest BCUT2D eigenvalue weighted by molar-refractivity contribution is 7.11. The van der Waals surface area contributed by atoms with E-state index in [9.17, 15) is 9.59 Å². The lowest BCUT2D eigenvalue weighted by atomic mass is 10.00. The number of anilines is 1. The summed E-state index contributed by atoms with van der Waals surface area (Å²) < 4.78 is 0. The predicted molar refractivity (Wildman–Crippen MR) is 101 cm³/mol. The van der Waals surface area contributed by atoms with Crippen LogP contribution in [0.2, 0.25) is 0 Å². The van der Waals surface area contributed by atoms with Crippen LogP contribution in [0.4, 0.5) is 5.69 Å². The molecule has 2 amide bonds. The standard InChI is InChI=1S/C19H22N4O2S/c1-13-20-11-16(26-13)12-22-6-8-23(9-7-22)19(25)15-2-4-17-14(10-15)3-5-18(24)21-17/h2,4,10-11H,3,5-9,12H2,1H3,(H,21,24). The lowest BCUT2D eigenvalue weighted by Crippen LogP contribution is -2.48. The van der Waals surface area contributed by atoms with Crippen molar-refractivity contribution >= 4 is 28.8 Å². The molecular formula is C19H22N4O2S. The maximum Gasteiger partial charge on any atom is 0.253 e. The minimum atomic E-state index is 0.0452. The summed E-state index contributed by atoms with van der Waals surface area (Å²) in [5, 5.41) is 3.96. The zero-order valence-electron chi connectivity index (χ0n) is 14.8. The third-order valence-corrected chi connectivity index (χ3v) is 5.85. The van der Waals surface area contributed by atoms with E-state index in [1.807, 2.05) is 36.2 Å². The molecule has 1 aromatic carbocycles. The van der Waals surface area contributed by atoms with Crippen molar-refractivity contribution in [3.63, 3.8) is 0 Å². The molecule has 7 heteroatoms. The molecule has 1 aromatic heterocycles. The monoisotopic (exact) mass is 370 g/mol. The SMILES string of the molecule is Cc1ncc(CN2CCN(C(=O)c3ccc4c(c3)CCC(=O)N4)CC2)s1. The summed E-state index contributed by atoms with van der Waals surface area (Å²) in [6.07, 6.45) is 3.13. The first kappa shape index (κ1) is 17.2. The van der Waals surface area contributed by atoms with Gasteiger partial charge in [-0.3, -0.25) is 14.5 Å². The number of aromatic nitrogens is 1. The molecule has 3 heterocycles. The van der Waals surface area contributed by atoms with Crippen LogP contribution in [0.5, 0.6) is 0 Å². The predicted octanol–water partition coefficient (Wildman–Crippen LogP) is 2.29. The number of hydrogen-bond acceptors (Lipinski definition) is 5. The van der Waals surface area contributed by atoms with Gasteiger partial charge < -0.3 is 10.2 Å². The van der Waals surface area contributed by atoms with Crippen molar-refractivity contribution in [3.8, 4) is 0 Å². The van der Waals surface area contributed by atoms with Crippen LogP contribution >= 0.6 is 11.3 Å². The van der Waals surface area contributed by atoms with E-state index in [0.717, 1.165) is 49.0 Å². The Morgan fingerprint density at radius 1 is 1.23 bits per heavy atom. The van der Waals surface area contributed by atoms with E-state index < -0.39 is 0 Å². The molecule has 0 bridgehead atoms. The maximum atomic E-state index is 12.8. The summed E-state index contributed by atoms with van der Waals surface area (Å²) in [5.74, 6) is 0.127. The van der Waals surface area contributed by atoms with E-state index in [2.05, 4.69) is 15.2 Å². The molecule has 2 aliphatic rings. The van der Waals surface area contributed by atoms with E-state index in [1.54, 1.807) is 11.3 Å². The minimum absolute atomic E-state index is 0.0452. The van der Waals surface area contributed by atoms with E-state index in [0.29, 0.717) is 18.4 Å². The van der Waals surface area contributed by atoms with Crippen LogP contribution in [-0.2, 0) is 17.8 Å². The lowest BCUT2D eigenvalue weighted by Gasteiger charge is -2.34. The number of fused-ring (bicyclic) bond motifs is 1. The van der Waals surface area contributed by atoms with Gasteiger partial charge in [0.05, 0.1) is 5.01 Å². The molecule has 1 saturated heterocycles. The van der Waals surface area contributed by atoms with Gasteiger partial charge in [-0.25, -0.2) is 4.98 Å². The number of benzene rings is 1. The van der Waals surface area contributed by atoms with Gasteiger partial charge in [0, 0.05) is 61.5 Å². The van der Waals surface area contributed by atoms with E-state index in [4.69, 9.17) is 0 Å². The number of aryl methyl sites for hydroxylation is 2. The number of carbonyl (C=O) groups excluding carboxylic acids is 2. The van der Waals surface area contributed by atoms with E-state index in [-0.39, 0.29) is 11.8 Å². The third-order valence-electron chi connectivity index (χ3n) is 4.96. The van der Waals surface area contributed by atoms with Crippen LogP contribution in [0, 0.1) is 6.92 Å². The number of thiazole rings is 1. The molecule has 0 saturated carbocycles. The molecule has 0 radical (unpaired) electrons. The zero-order valence-corrected chi connectivity index (χ0v) is 15.6. The average Bonchev–Trinajstić information content (AvgIpc) is 3.06. The van der Waals surface area contributed by atoms with E-state index >= 15 is 0 Å². The Morgan fingerprint density at radius 2 is 2.04 bits per heavy atom. The second-order valence-corrected chi connectivity index (χ2v) is 8.15. The van der Waals surface area contributed by atoms with Crippen molar-refractivity contribution in [1.29, 1.82) is 0 Å². The van der Waals surface area contributed by atoms with Crippen LogP contribution < -0.4 is 5.32 Å². The fourth-order valence-electron chi connectivity index (χ4n) is 3.51. The maximum absolute atomic E-state index is 12.8.